The Labute approximate surface area is 156 Å². The van der Waals surface area contributed by atoms with Crippen LogP contribution in [0.1, 0.15) is 28.9 Å². The SMILES string of the molecule is O=C(Nc1cccc(C(=O)NCCc2cn3ccccc3n2)c1)NC1CC1. The zero-order chi connectivity index (χ0) is 18.6. The molecule has 7 nitrogen and oxygen atoms in total. The highest BCUT2D eigenvalue weighted by Crippen LogP contribution is 2.19. The molecule has 0 spiro atoms. The highest BCUT2D eigenvalue weighted by Gasteiger charge is 2.23. The average molecular weight is 363 g/mol. The van der Waals surface area contributed by atoms with Crippen LogP contribution in [0.5, 0.6) is 0 Å². The van der Waals surface area contributed by atoms with Crippen LogP contribution < -0.4 is 16.0 Å². The van der Waals surface area contributed by atoms with Gasteiger partial charge in [-0.3, -0.25) is 4.79 Å². The largest absolute Gasteiger partial charge is 0.352 e. The van der Waals surface area contributed by atoms with Gasteiger partial charge in [0.05, 0.1) is 5.69 Å². The predicted octanol–water partition coefficient (Wildman–Crippen LogP) is 2.59. The van der Waals surface area contributed by atoms with Crippen molar-refractivity contribution in [2.45, 2.75) is 25.3 Å². The van der Waals surface area contributed by atoms with Gasteiger partial charge in [-0.2, -0.15) is 0 Å². The maximum Gasteiger partial charge on any atom is 0.319 e. The summed E-state index contributed by atoms with van der Waals surface area (Å²) in [5.74, 6) is -0.176. The number of hydrogen-bond donors (Lipinski definition) is 3. The molecular formula is C20H21N5O2. The highest BCUT2D eigenvalue weighted by atomic mass is 16.2. The Morgan fingerprint density at radius 1 is 1.15 bits per heavy atom. The lowest BCUT2D eigenvalue weighted by Gasteiger charge is -2.09. The first-order valence-corrected chi connectivity index (χ1v) is 9.06. The highest BCUT2D eigenvalue weighted by molar-refractivity contribution is 5.96. The van der Waals surface area contributed by atoms with E-state index in [4.69, 9.17) is 0 Å². The molecule has 0 atom stereocenters. The lowest BCUT2D eigenvalue weighted by Crippen LogP contribution is -2.30. The molecule has 3 N–H and O–H groups in total. The van der Waals surface area contributed by atoms with Gasteiger partial charge in [-0.25, -0.2) is 9.78 Å². The van der Waals surface area contributed by atoms with Crippen LogP contribution >= 0.6 is 0 Å². The molecule has 1 aromatic carbocycles. The normalized spacial score (nSPS) is 13.3. The van der Waals surface area contributed by atoms with Gasteiger partial charge in [0.25, 0.3) is 5.91 Å². The van der Waals surface area contributed by atoms with Gasteiger partial charge in [-0.05, 0) is 43.2 Å². The van der Waals surface area contributed by atoms with Crippen molar-refractivity contribution in [3.05, 3.63) is 66.1 Å². The second kappa shape index (κ2) is 7.49. The summed E-state index contributed by atoms with van der Waals surface area (Å²) in [5.41, 5.74) is 2.92. The Morgan fingerprint density at radius 3 is 2.85 bits per heavy atom. The van der Waals surface area contributed by atoms with E-state index in [2.05, 4.69) is 20.9 Å². The van der Waals surface area contributed by atoms with Gasteiger partial charge < -0.3 is 20.4 Å². The molecule has 27 heavy (non-hydrogen) atoms. The number of fused-ring (bicyclic) bond motifs is 1. The Bertz CT molecular complexity index is 944. The molecule has 0 aliphatic heterocycles. The molecular weight excluding hydrogens is 342 g/mol. The maximum atomic E-state index is 12.4. The fraction of sp³-hybridized carbons (Fsp3) is 0.250. The molecule has 7 heteroatoms. The van der Waals surface area contributed by atoms with E-state index in [1.165, 1.54) is 0 Å². The molecule has 1 aliphatic carbocycles. The molecule has 0 saturated heterocycles. The van der Waals surface area contributed by atoms with E-state index in [9.17, 15) is 9.59 Å². The van der Waals surface area contributed by atoms with E-state index in [1.54, 1.807) is 24.3 Å². The third kappa shape index (κ3) is 4.44. The van der Waals surface area contributed by atoms with Crippen molar-refractivity contribution in [3.63, 3.8) is 0 Å². The molecule has 3 amide bonds. The summed E-state index contributed by atoms with van der Waals surface area (Å²) in [7, 11) is 0. The number of benzene rings is 1. The quantitative estimate of drug-likeness (QED) is 0.629. The first-order chi connectivity index (χ1) is 13.2. The number of hydrogen-bond acceptors (Lipinski definition) is 3. The van der Waals surface area contributed by atoms with Crippen molar-refractivity contribution in [1.82, 2.24) is 20.0 Å². The predicted molar refractivity (Wildman–Crippen MR) is 103 cm³/mol. The summed E-state index contributed by atoms with van der Waals surface area (Å²) in [6, 6.07) is 12.8. The van der Waals surface area contributed by atoms with E-state index in [0.717, 1.165) is 24.2 Å². The van der Waals surface area contributed by atoms with Gasteiger partial charge in [0, 0.05) is 42.7 Å². The number of carbonyl (C=O) groups excluding carboxylic acids is 2. The van der Waals surface area contributed by atoms with Gasteiger partial charge in [0.1, 0.15) is 5.65 Å². The first-order valence-electron chi connectivity index (χ1n) is 9.06. The summed E-state index contributed by atoms with van der Waals surface area (Å²) in [6.45, 7) is 0.489. The molecule has 1 saturated carbocycles. The van der Waals surface area contributed by atoms with E-state index in [-0.39, 0.29) is 18.0 Å². The van der Waals surface area contributed by atoms with Gasteiger partial charge >= 0.3 is 6.03 Å². The number of urea groups is 1. The van der Waals surface area contributed by atoms with Crippen molar-refractivity contribution < 1.29 is 9.59 Å². The van der Waals surface area contributed by atoms with Gasteiger partial charge in [0.15, 0.2) is 0 Å². The van der Waals surface area contributed by atoms with Crippen LogP contribution in [0.25, 0.3) is 5.65 Å². The number of pyridine rings is 1. The van der Waals surface area contributed by atoms with Crippen LogP contribution in [0.3, 0.4) is 0 Å². The number of amides is 3. The Hall–Kier alpha value is -3.35. The lowest BCUT2D eigenvalue weighted by atomic mass is 10.2. The fourth-order valence-corrected chi connectivity index (χ4v) is 2.83. The van der Waals surface area contributed by atoms with Gasteiger partial charge in [0.2, 0.25) is 0 Å². The Morgan fingerprint density at radius 2 is 2.04 bits per heavy atom. The molecule has 2 aromatic heterocycles. The summed E-state index contributed by atoms with van der Waals surface area (Å²) in [4.78, 5) is 28.7. The number of carbonyl (C=O) groups is 2. The number of aromatic nitrogens is 2. The summed E-state index contributed by atoms with van der Waals surface area (Å²) < 4.78 is 1.96. The summed E-state index contributed by atoms with van der Waals surface area (Å²) >= 11 is 0. The van der Waals surface area contributed by atoms with Crippen LogP contribution in [0.15, 0.2) is 54.9 Å². The summed E-state index contributed by atoms with van der Waals surface area (Å²) in [5, 5.41) is 8.52. The monoisotopic (exact) mass is 363 g/mol. The second-order valence-electron chi connectivity index (χ2n) is 6.66. The molecule has 0 unspecified atom stereocenters. The summed E-state index contributed by atoms with van der Waals surface area (Å²) in [6.07, 6.45) is 6.62. The molecule has 138 valence electrons. The third-order valence-corrected chi connectivity index (χ3v) is 4.38. The molecule has 0 bridgehead atoms. The standard InChI is InChI=1S/C20H21N5O2/c26-19(21-10-9-17-13-25-11-2-1-6-18(25)22-17)14-4-3-5-16(12-14)24-20(27)23-15-7-8-15/h1-6,11-13,15H,7-10H2,(H,21,26)(H2,23,24,27). The van der Waals surface area contributed by atoms with Crippen LogP contribution in [-0.4, -0.2) is 33.9 Å². The van der Waals surface area contributed by atoms with E-state index >= 15 is 0 Å². The minimum atomic E-state index is -0.234. The topological polar surface area (TPSA) is 87.5 Å². The Kier molecular flexibility index (Phi) is 4.74. The zero-order valence-corrected chi connectivity index (χ0v) is 14.8. The minimum absolute atomic E-state index is 0.176. The fourth-order valence-electron chi connectivity index (χ4n) is 2.83. The molecule has 0 radical (unpaired) electrons. The van der Waals surface area contributed by atoms with E-state index < -0.39 is 0 Å². The third-order valence-electron chi connectivity index (χ3n) is 4.38. The van der Waals surface area contributed by atoms with Crippen LogP contribution in [0.4, 0.5) is 10.5 Å². The molecule has 1 aliphatic rings. The zero-order valence-electron chi connectivity index (χ0n) is 14.8. The van der Waals surface area contributed by atoms with Gasteiger partial charge in [-0.1, -0.05) is 12.1 Å². The molecule has 3 aromatic rings. The van der Waals surface area contributed by atoms with Crippen molar-refractivity contribution in [2.24, 2.45) is 0 Å². The smallest absolute Gasteiger partial charge is 0.319 e. The van der Waals surface area contributed by atoms with Crippen molar-refractivity contribution >= 4 is 23.3 Å². The second-order valence-corrected chi connectivity index (χ2v) is 6.66. The molecule has 2 heterocycles. The average Bonchev–Trinajstić information content (AvgIpc) is 3.37. The van der Waals surface area contributed by atoms with Crippen LogP contribution in [0, 0.1) is 0 Å². The number of nitrogens with zero attached hydrogens (tertiary/aromatic N) is 2. The number of nitrogens with one attached hydrogen (secondary N) is 3. The molecule has 1 fully saturated rings. The van der Waals surface area contributed by atoms with Crippen molar-refractivity contribution in [2.75, 3.05) is 11.9 Å². The van der Waals surface area contributed by atoms with E-state index in [1.807, 2.05) is 35.0 Å². The van der Waals surface area contributed by atoms with Gasteiger partial charge in [-0.15, -0.1) is 0 Å². The minimum Gasteiger partial charge on any atom is -0.352 e. The van der Waals surface area contributed by atoms with Crippen molar-refractivity contribution in [3.8, 4) is 0 Å². The Balaban J connectivity index is 1.30. The molecule has 4 rings (SSSR count). The van der Waals surface area contributed by atoms with E-state index in [0.29, 0.717) is 24.2 Å². The number of rotatable bonds is 6. The number of anilines is 1. The first kappa shape index (κ1) is 17.1. The van der Waals surface area contributed by atoms with Crippen molar-refractivity contribution in [1.29, 1.82) is 0 Å². The van der Waals surface area contributed by atoms with Crippen LogP contribution in [0.2, 0.25) is 0 Å². The van der Waals surface area contributed by atoms with Crippen LogP contribution in [-0.2, 0) is 6.42 Å². The lowest BCUT2D eigenvalue weighted by molar-refractivity contribution is 0.0954. The maximum absolute atomic E-state index is 12.4. The number of imidazole rings is 1.